The number of phenolic OH excluding ortho intramolecular Hbond substituents is 1. The Labute approximate surface area is 160 Å². The van der Waals surface area contributed by atoms with Gasteiger partial charge < -0.3 is 15.2 Å². The summed E-state index contributed by atoms with van der Waals surface area (Å²) < 4.78 is 6.09. The van der Waals surface area contributed by atoms with Crippen LogP contribution < -0.4 is 5.32 Å². The van der Waals surface area contributed by atoms with E-state index in [2.05, 4.69) is 48.2 Å². The number of hydrogen-bond acceptors (Lipinski definition) is 6. The van der Waals surface area contributed by atoms with Crippen LogP contribution in [0.3, 0.4) is 0 Å². The highest BCUT2D eigenvalue weighted by Gasteiger charge is 2.11. The second-order valence-electron chi connectivity index (χ2n) is 6.25. The quantitative estimate of drug-likeness (QED) is 0.634. The number of aromatic nitrogens is 2. The SMILES string of the molecule is Oc1ccc2c(Br)nc(Nc3cccc(CN4CCOCC4)c3)nc2c1. The number of anilines is 2. The van der Waals surface area contributed by atoms with E-state index in [1.165, 1.54) is 5.56 Å². The van der Waals surface area contributed by atoms with Crippen LogP contribution in [0.5, 0.6) is 5.75 Å². The van der Waals surface area contributed by atoms with E-state index in [1.807, 2.05) is 12.1 Å². The first-order valence-corrected chi connectivity index (χ1v) is 9.29. The molecular weight excluding hydrogens is 396 g/mol. The van der Waals surface area contributed by atoms with Crippen LogP contribution in [0.15, 0.2) is 47.1 Å². The Morgan fingerprint density at radius 2 is 1.96 bits per heavy atom. The lowest BCUT2D eigenvalue weighted by atomic mass is 10.2. The minimum Gasteiger partial charge on any atom is -0.508 e. The molecule has 26 heavy (non-hydrogen) atoms. The number of phenols is 1. The van der Waals surface area contributed by atoms with Gasteiger partial charge in [-0.1, -0.05) is 12.1 Å². The van der Waals surface area contributed by atoms with Crippen LogP contribution in [0.4, 0.5) is 11.6 Å². The van der Waals surface area contributed by atoms with Gasteiger partial charge in [-0.15, -0.1) is 0 Å². The zero-order valence-corrected chi connectivity index (χ0v) is 15.7. The van der Waals surface area contributed by atoms with Gasteiger partial charge in [0.05, 0.1) is 18.7 Å². The van der Waals surface area contributed by atoms with E-state index < -0.39 is 0 Å². The lowest BCUT2D eigenvalue weighted by Gasteiger charge is -2.26. The zero-order valence-electron chi connectivity index (χ0n) is 14.2. The van der Waals surface area contributed by atoms with Crippen molar-refractivity contribution < 1.29 is 9.84 Å². The van der Waals surface area contributed by atoms with Gasteiger partial charge in [-0.3, -0.25) is 4.90 Å². The van der Waals surface area contributed by atoms with Gasteiger partial charge in [-0.05, 0) is 45.8 Å². The number of hydrogen-bond donors (Lipinski definition) is 2. The molecule has 0 radical (unpaired) electrons. The molecule has 3 aromatic rings. The molecule has 2 heterocycles. The number of nitrogens with one attached hydrogen (secondary N) is 1. The molecule has 1 aliphatic heterocycles. The van der Waals surface area contributed by atoms with Crippen LogP contribution in [-0.2, 0) is 11.3 Å². The number of rotatable bonds is 4. The third-order valence-corrected chi connectivity index (χ3v) is 4.93. The first kappa shape index (κ1) is 17.2. The third-order valence-electron chi connectivity index (χ3n) is 4.33. The number of benzene rings is 2. The molecule has 7 heteroatoms. The van der Waals surface area contributed by atoms with Gasteiger partial charge in [0.15, 0.2) is 0 Å². The summed E-state index contributed by atoms with van der Waals surface area (Å²) in [6.07, 6.45) is 0. The van der Waals surface area contributed by atoms with Crippen molar-refractivity contribution in [3.63, 3.8) is 0 Å². The maximum Gasteiger partial charge on any atom is 0.228 e. The monoisotopic (exact) mass is 414 g/mol. The van der Waals surface area contributed by atoms with E-state index in [1.54, 1.807) is 18.2 Å². The number of aromatic hydroxyl groups is 1. The molecule has 6 nitrogen and oxygen atoms in total. The molecule has 0 bridgehead atoms. The second-order valence-corrected chi connectivity index (χ2v) is 7.00. The van der Waals surface area contributed by atoms with Gasteiger partial charge in [0.25, 0.3) is 0 Å². The van der Waals surface area contributed by atoms with E-state index in [0.29, 0.717) is 16.1 Å². The van der Waals surface area contributed by atoms with Gasteiger partial charge in [-0.25, -0.2) is 9.97 Å². The molecular formula is C19H19BrN4O2. The fourth-order valence-corrected chi connectivity index (χ4v) is 3.53. The van der Waals surface area contributed by atoms with Crippen LogP contribution in [0, 0.1) is 0 Å². The largest absolute Gasteiger partial charge is 0.508 e. The molecule has 134 valence electrons. The lowest BCUT2D eigenvalue weighted by Crippen LogP contribution is -2.35. The minimum absolute atomic E-state index is 0.182. The van der Waals surface area contributed by atoms with Gasteiger partial charge in [-0.2, -0.15) is 0 Å². The minimum atomic E-state index is 0.182. The van der Waals surface area contributed by atoms with Crippen LogP contribution in [-0.4, -0.2) is 46.3 Å². The summed E-state index contributed by atoms with van der Waals surface area (Å²) >= 11 is 3.47. The Balaban J connectivity index is 1.55. The molecule has 0 unspecified atom stereocenters. The summed E-state index contributed by atoms with van der Waals surface area (Å²) in [6, 6.07) is 13.3. The van der Waals surface area contributed by atoms with Gasteiger partial charge >= 0.3 is 0 Å². The van der Waals surface area contributed by atoms with Crippen LogP contribution in [0.1, 0.15) is 5.56 Å². The summed E-state index contributed by atoms with van der Waals surface area (Å²) in [4.78, 5) is 11.3. The predicted molar refractivity (Wildman–Crippen MR) is 105 cm³/mol. The average Bonchev–Trinajstić information content (AvgIpc) is 2.62. The number of nitrogens with zero attached hydrogens (tertiary/aromatic N) is 3. The van der Waals surface area contributed by atoms with Crippen LogP contribution in [0.2, 0.25) is 0 Å². The molecule has 2 N–H and O–H groups in total. The zero-order chi connectivity index (χ0) is 17.9. The third kappa shape index (κ3) is 3.95. The molecule has 0 atom stereocenters. The van der Waals surface area contributed by atoms with Crippen molar-refractivity contribution in [3.8, 4) is 5.75 Å². The summed E-state index contributed by atoms with van der Waals surface area (Å²) in [5.74, 6) is 0.667. The average molecular weight is 415 g/mol. The van der Waals surface area contributed by atoms with Gasteiger partial charge in [0.1, 0.15) is 10.4 Å². The number of halogens is 1. The molecule has 1 aromatic heterocycles. The van der Waals surface area contributed by atoms with E-state index >= 15 is 0 Å². The van der Waals surface area contributed by atoms with Crippen molar-refractivity contribution in [1.82, 2.24) is 14.9 Å². The number of morpholine rings is 1. The van der Waals surface area contributed by atoms with Crippen molar-refractivity contribution in [2.75, 3.05) is 31.6 Å². The first-order valence-electron chi connectivity index (χ1n) is 8.50. The normalized spacial score (nSPS) is 15.3. The standard InChI is InChI=1S/C19H19BrN4O2/c20-18-16-5-4-15(25)11-17(16)22-19(23-18)21-14-3-1-2-13(10-14)12-24-6-8-26-9-7-24/h1-5,10-11,25H,6-9,12H2,(H,21,22,23). The Bertz CT molecular complexity index is 929. The molecule has 2 aromatic carbocycles. The summed E-state index contributed by atoms with van der Waals surface area (Å²) in [6.45, 7) is 4.41. The lowest BCUT2D eigenvalue weighted by molar-refractivity contribution is 0.0342. The number of fused-ring (bicyclic) bond motifs is 1. The summed E-state index contributed by atoms with van der Waals surface area (Å²) in [7, 11) is 0. The second kappa shape index (κ2) is 7.57. The van der Waals surface area contributed by atoms with E-state index in [4.69, 9.17) is 4.74 Å². The van der Waals surface area contributed by atoms with Crippen molar-refractivity contribution in [2.45, 2.75) is 6.54 Å². The molecule has 0 amide bonds. The maximum atomic E-state index is 9.68. The molecule has 1 aliphatic rings. The van der Waals surface area contributed by atoms with Crippen molar-refractivity contribution in [1.29, 1.82) is 0 Å². The Hall–Kier alpha value is -2.22. The highest BCUT2D eigenvalue weighted by molar-refractivity contribution is 9.10. The fourth-order valence-electron chi connectivity index (χ4n) is 3.03. The van der Waals surface area contributed by atoms with E-state index in [-0.39, 0.29) is 5.75 Å². The molecule has 0 saturated carbocycles. The van der Waals surface area contributed by atoms with Gasteiger partial charge in [0, 0.05) is 36.8 Å². The van der Waals surface area contributed by atoms with E-state index in [0.717, 1.165) is 43.9 Å². The smallest absolute Gasteiger partial charge is 0.228 e. The molecule has 1 fully saturated rings. The topological polar surface area (TPSA) is 70.5 Å². The van der Waals surface area contributed by atoms with Crippen molar-refractivity contribution in [2.24, 2.45) is 0 Å². The van der Waals surface area contributed by atoms with E-state index in [9.17, 15) is 5.11 Å². The number of ether oxygens (including phenoxy) is 1. The first-order chi connectivity index (χ1) is 12.7. The van der Waals surface area contributed by atoms with Gasteiger partial charge in [0.2, 0.25) is 5.95 Å². The molecule has 1 saturated heterocycles. The highest BCUT2D eigenvalue weighted by atomic mass is 79.9. The Morgan fingerprint density at radius 3 is 2.81 bits per heavy atom. The van der Waals surface area contributed by atoms with Crippen molar-refractivity contribution in [3.05, 3.63) is 52.6 Å². The molecule has 0 aliphatic carbocycles. The Kier molecular flexibility index (Phi) is 5.01. The van der Waals surface area contributed by atoms with Crippen LogP contribution in [0.25, 0.3) is 10.9 Å². The van der Waals surface area contributed by atoms with Crippen molar-refractivity contribution >= 4 is 38.5 Å². The predicted octanol–water partition coefficient (Wildman–Crippen LogP) is 3.67. The molecule has 0 spiro atoms. The Morgan fingerprint density at radius 1 is 1.12 bits per heavy atom. The van der Waals surface area contributed by atoms with Crippen LogP contribution >= 0.6 is 15.9 Å². The molecule has 4 rings (SSSR count). The summed E-state index contributed by atoms with van der Waals surface area (Å²) in [5.41, 5.74) is 2.84. The maximum absolute atomic E-state index is 9.68. The fraction of sp³-hybridized carbons (Fsp3) is 0.263. The highest BCUT2D eigenvalue weighted by Crippen LogP contribution is 2.26. The summed E-state index contributed by atoms with van der Waals surface area (Å²) in [5, 5.41) is 13.8.